The quantitative estimate of drug-likeness (QED) is 0.0368. The number of carbonyl (C=O) groups excluding carboxylic acids is 4. The van der Waals surface area contributed by atoms with E-state index in [0.29, 0.717) is 97.3 Å². The number of halogens is 7. The minimum Gasteiger partial charge on any atom is -0.508 e. The van der Waals surface area contributed by atoms with Crippen LogP contribution in [0.1, 0.15) is 257 Å². The van der Waals surface area contributed by atoms with E-state index in [4.69, 9.17) is 25.7 Å². The largest absolute Gasteiger partial charge is 0.508 e. The second kappa shape index (κ2) is 41.8. The number of unbranched alkanes of at least 4 members (excludes halogenated alkanes) is 3. The number of aliphatic hydroxyl groups excluding tert-OH is 1. The molecule has 8 aromatic carbocycles. The highest BCUT2D eigenvalue weighted by Crippen LogP contribution is 2.50. The predicted octanol–water partition coefficient (Wildman–Crippen LogP) is 22.7. The summed E-state index contributed by atoms with van der Waals surface area (Å²) < 4.78 is 99.2. The number of aliphatic hydroxyl groups is 2. The lowest BCUT2D eigenvalue weighted by molar-refractivity contribution is -0.132. The van der Waals surface area contributed by atoms with Gasteiger partial charge in [0.25, 0.3) is 23.6 Å². The topological polar surface area (TPSA) is 205 Å². The van der Waals surface area contributed by atoms with E-state index in [9.17, 15) is 60.8 Å². The molecule has 4 aromatic heterocycles. The number of terminal acetylenes is 4. The summed E-state index contributed by atoms with van der Waals surface area (Å²) in [4.78, 5) is 71.7. The zero-order valence-electron chi connectivity index (χ0n) is 69.9. The molecule has 1 fully saturated rings. The van der Waals surface area contributed by atoms with Crippen LogP contribution in [-0.2, 0) is 57.1 Å². The van der Waals surface area contributed by atoms with Gasteiger partial charge in [-0.15, -0.1) is 25.7 Å². The maximum Gasteiger partial charge on any atom is 0.299 e. The number of nitrogens with zero attached hydrogens (tertiary/aromatic N) is 4. The first-order chi connectivity index (χ1) is 59.7. The molecule has 7 N–H and O–H groups in total. The summed E-state index contributed by atoms with van der Waals surface area (Å²) in [7, 11) is 0. The van der Waals surface area contributed by atoms with Crippen molar-refractivity contribution >= 4 is 67.2 Å². The number of nitrogens with one attached hydrogen (secondary N) is 4. The molecule has 4 aliphatic heterocycles. The maximum atomic E-state index is 15.2. The molecule has 0 bridgehead atoms. The molecule has 1 aliphatic carbocycles. The fourth-order valence-electron chi connectivity index (χ4n) is 19.5. The molecule has 0 radical (unpaired) electrons. The number of rotatable bonds is 16. The number of fused-ring (bicyclic) bond motifs is 12. The molecule has 128 heavy (non-hydrogen) atoms. The zero-order valence-corrected chi connectivity index (χ0v) is 69.9. The minimum absolute atomic E-state index is 0. The van der Waals surface area contributed by atoms with Crippen molar-refractivity contribution in [2.45, 2.75) is 240 Å². The number of amides is 4. The van der Waals surface area contributed by atoms with Gasteiger partial charge in [0.2, 0.25) is 0 Å². The van der Waals surface area contributed by atoms with E-state index in [1.165, 1.54) is 96.9 Å². The van der Waals surface area contributed by atoms with Crippen molar-refractivity contribution in [2.75, 3.05) is 0 Å². The number of aromatic nitrogens is 4. The standard InChI is InChI=1S/C27H28F2N2O2.C26H25FN2O.C25H24F2N2O2.C24H22F2N2O2.4CH4/c1-5-7-8-19-15-21-20-13-17(27(3,4)33)14-22(29)24(20)30-25(21)26(31(19)23(32)6-2)16-9-11-18(28)12-10-16;1-2-24(30)29-23(17-8-4-3-5-9-17)16-21-20-10-6-7-11-22(20)28-25(21)26(29)18-12-14-19(27)15-13-18;1-3-5-6-18-13-20-19-11-15(14-30)12-21(27)23(19)28-24(20)25(29(18)22(31)4-2)16-7-9-17(26)10-8-16;1-3-5-6-16-11-18-19-12-17(29)13-20(26)22(19)27-23(18)24(28(16)21(30)4-2)14-7-9-15(25)10-8-14;;;;/h2,9-14,19,26,30,33H,5,7-8,15H2,1,3-4H3;1,6-7,10-15,17,23,26,28H,3-5,8-9,16H2;2,7-12,18,25,28,30H,3,5-6,13-14H2,1H3;2,7-10,12-13,16,24,27,29H,3,5-6,11H2,1H3;4*1H4/t19-,26?;23-,26?;18-,25?;16-,24?;;;;/m0100..../s1. The molecule has 17 rings (SSSR count). The summed E-state index contributed by atoms with van der Waals surface area (Å²) in [5.41, 5.74) is 11.6. The predicted molar refractivity (Wildman–Crippen MR) is 494 cm³/mol. The summed E-state index contributed by atoms with van der Waals surface area (Å²) in [5, 5.41) is 33.2. The lowest BCUT2D eigenvalue weighted by Crippen LogP contribution is -2.51. The highest BCUT2D eigenvalue weighted by molar-refractivity contribution is 5.98. The Kier molecular flexibility index (Phi) is 31.8. The Balaban J connectivity index is 0.000000176. The van der Waals surface area contributed by atoms with Crippen LogP contribution >= 0.6 is 0 Å². The van der Waals surface area contributed by atoms with Gasteiger partial charge in [-0.25, -0.2) is 30.7 Å². The van der Waals surface area contributed by atoms with Gasteiger partial charge < -0.3 is 54.9 Å². The zero-order chi connectivity index (χ0) is 88.1. The number of aromatic hydroxyl groups is 1. The Morgan fingerprint density at radius 3 is 1.13 bits per heavy atom. The van der Waals surface area contributed by atoms with Gasteiger partial charge >= 0.3 is 0 Å². The number of para-hydroxylation sites is 1. The van der Waals surface area contributed by atoms with E-state index in [2.05, 4.69) is 82.6 Å². The first-order valence-electron chi connectivity index (χ1n) is 42.6. The first-order valence-corrected chi connectivity index (χ1v) is 42.6. The first kappa shape index (κ1) is 97.5. The van der Waals surface area contributed by atoms with Gasteiger partial charge in [-0.05, 0) is 242 Å². The van der Waals surface area contributed by atoms with Gasteiger partial charge in [0, 0.05) is 80.1 Å². The molecule has 12 aromatic rings. The number of hydrogen-bond acceptors (Lipinski definition) is 7. The van der Waals surface area contributed by atoms with E-state index < -0.39 is 58.9 Å². The van der Waals surface area contributed by atoms with Crippen molar-refractivity contribution in [1.29, 1.82) is 0 Å². The lowest BCUT2D eigenvalue weighted by atomic mass is 9.76. The molecule has 4 unspecified atom stereocenters. The van der Waals surface area contributed by atoms with E-state index in [1.807, 2.05) is 17.0 Å². The third-order valence-electron chi connectivity index (χ3n) is 25.3. The Hall–Kier alpha value is -12.7. The van der Waals surface area contributed by atoms with Gasteiger partial charge in [0.15, 0.2) is 5.82 Å². The molecule has 15 nitrogen and oxygen atoms in total. The van der Waals surface area contributed by atoms with Gasteiger partial charge in [-0.3, -0.25) is 19.2 Å². The van der Waals surface area contributed by atoms with Crippen molar-refractivity contribution in [3.05, 3.63) is 277 Å². The molecule has 0 saturated heterocycles. The molecule has 4 amide bonds. The molecule has 22 heteroatoms. The molecule has 8 heterocycles. The van der Waals surface area contributed by atoms with Crippen LogP contribution in [0.4, 0.5) is 30.7 Å². The molecular weight excluding hydrogens is 1630 g/mol. The van der Waals surface area contributed by atoms with E-state index >= 15 is 4.39 Å². The van der Waals surface area contributed by atoms with Crippen LogP contribution in [-0.4, -0.2) is 103 Å². The normalized spacial score (nSPS) is 18.5. The second-order valence-electron chi connectivity index (χ2n) is 33.5. The van der Waals surface area contributed by atoms with Crippen molar-refractivity contribution in [1.82, 2.24) is 39.5 Å². The van der Waals surface area contributed by atoms with Crippen molar-refractivity contribution in [3.8, 4) is 55.1 Å². The number of carbonyl (C=O) groups is 4. The number of phenols is 1. The smallest absolute Gasteiger partial charge is 0.299 e. The highest BCUT2D eigenvalue weighted by Gasteiger charge is 2.47. The van der Waals surface area contributed by atoms with Crippen molar-refractivity contribution < 1.29 is 65.2 Å². The van der Waals surface area contributed by atoms with Crippen molar-refractivity contribution in [3.63, 3.8) is 0 Å². The third-order valence-corrected chi connectivity index (χ3v) is 25.3. The fraction of sp³-hybridized carbons (Fsp3) is 0.358. The summed E-state index contributed by atoms with van der Waals surface area (Å²) in [5.74, 6) is 4.76. The van der Waals surface area contributed by atoms with Crippen LogP contribution in [0.5, 0.6) is 5.75 Å². The molecular formula is C106H115F7N8O7. The number of H-pyrrole nitrogens is 4. The van der Waals surface area contributed by atoms with Crippen LogP contribution < -0.4 is 0 Å². The van der Waals surface area contributed by atoms with Crippen molar-refractivity contribution in [2.24, 2.45) is 5.92 Å². The van der Waals surface area contributed by atoms with Crippen LogP contribution in [0.3, 0.4) is 0 Å². The van der Waals surface area contributed by atoms with Gasteiger partial charge in [-0.2, -0.15) is 0 Å². The Bertz CT molecular complexity index is 6150. The summed E-state index contributed by atoms with van der Waals surface area (Å²) >= 11 is 0. The molecule has 8 atom stereocenters. The third kappa shape index (κ3) is 19.5. The van der Waals surface area contributed by atoms with Crippen LogP contribution in [0.25, 0.3) is 43.6 Å². The van der Waals surface area contributed by atoms with Crippen LogP contribution in [0, 0.1) is 96.0 Å². The van der Waals surface area contributed by atoms with E-state index in [1.54, 1.807) is 83.1 Å². The van der Waals surface area contributed by atoms with E-state index in [0.717, 1.165) is 117 Å². The Labute approximate surface area is 746 Å². The average molecular weight is 1750 g/mol. The van der Waals surface area contributed by atoms with Crippen LogP contribution in [0.15, 0.2) is 158 Å². The van der Waals surface area contributed by atoms with Gasteiger partial charge in [0.1, 0.15) is 40.7 Å². The number of aromatic amines is 4. The fourth-order valence-corrected chi connectivity index (χ4v) is 19.5. The monoisotopic (exact) mass is 1740 g/mol. The summed E-state index contributed by atoms with van der Waals surface area (Å²) in [6.45, 7) is 9.19. The average Bonchev–Trinajstić information content (AvgIpc) is 1.57. The lowest BCUT2D eigenvalue weighted by Gasteiger charge is -2.45. The molecule has 5 aliphatic rings. The number of benzene rings is 8. The highest BCUT2D eigenvalue weighted by atomic mass is 19.2. The molecule has 1 saturated carbocycles. The summed E-state index contributed by atoms with van der Waals surface area (Å²) in [6.07, 6.45) is 38.2. The maximum absolute atomic E-state index is 15.2. The van der Waals surface area contributed by atoms with Gasteiger partial charge in [-0.1, -0.05) is 175 Å². The SMILES string of the molecule is C.C.C.C.C#CC(=O)N1C(c2ccc(F)cc2)c2[nH]c3c(F)cc(C(C)(C)O)cc3c2C[C@@H]1CCCC.C#CC(=O)N1C(c2ccc(F)cc2)c2[nH]c3c(F)cc(CO)cc3c2C[C@@H]1CCCC.C#CC(=O)N1C(c2ccc(F)cc2)c2[nH]c3c(F)cc(O)cc3c2C[C@@H]1CCCC.C#CC(=O)N1C(c2ccc(F)cc2)c2[nH]c3ccccc3c2C[C@@H]1C1CCCCC1. The molecule has 0 spiro atoms. The van der Waals surface area contributed by atoms with Gasteiger partial charge in [0.05, 0.1) is 52.9 Å². The number of phenolic OH excluding ortho intramolecular Hbond substituents is 1. The Morgan fingerprint density at radius 1 is 0.422 bits per heavy atom. The van der Waals surface area contributed by atoms with Crippen LogP contribution in [0.2, 0.25) is 0 Å². The molecule has 670 valence electrons. The number of hydrogen-bond donors (Lipinski definition) is 7. The second-order valence-corrected chi connectivity index (χ2v) is 33.5. The minimum atomic E-state index is -1.21. The summed E-state index contributed by atoms with van der Waals surface area (Å²) in [6, 6.07) is 38.7. The Morgan fingerprint density at radius 2 is 0.758 bits per heavy atom. The van der Waals surface area contributed by atoms with E-state index in [-0.39, 0.29) is 107 Å².